The molecular formula is C11H15Cl2NO. The fourth-order valence-corrected chi connectivity index (χ4v) is 1.70. The normalized spacial score (nSPS) is 12.5. The van der Waals surface area contributed by atoms with E-state index < -0.39 is 0 Å². The van der Waals surface area contributed by atoms with Crippen LogP contribution in [0.3, 0.4) is 0 Å². The summed E-state index contributed by atoms with van der Waals surface area (Å²) >= 11 is 11.7. The monoisotopic (exact) mass is 247 g/mol. The van der Waals surface area contributed by atoms with Crippen molar-refractivity contribution in [3.63, 3.8) is 0 Å². The van der Waals surface area contributed by atoms with E-state index in [0.717, 1.165) is 13.0 Å². The van der Waals surface area contributed by atoms with E-state index in [1.54, 1.807) is 18.2 Å². The largest absolute Gasteiger partial charge is 0.476 e. The summed E-state index contributed by atoms with van der Waals surface area (Å²) in [6.45, 7) is 4.98. The third-order valence-corrected chi connectivity index (χ3v) is 2.27. The summed E-state index contributed by atoms with van der Waals surface area (Å²) in [6.07, 6.45) is 1.03. The maximum atomic E-state index is 5.85. The quantitative estimate of drug-likeness (QED) is 0.802. The molecule has 1 rings (SSSR count). The summed E-state index contributed by atoms with van der Waals surface area (Å²) in [5.74, 6) is 0.684. The van der Waals surface area contributed by atoms with Crippen molar-refractivity contribution in [2.45, 2.75) is 26.5 Å². The van der Waals surface area contributed by atoms with E-state index in [0.29, 0.717) is 15.8 Å². The van der Waals surface area contributed by atoms with Crippen molar-refractivity contribution in [3.05, 3.63) is 28.2 Å². The molecule has 1 aromatic carbocycles. The maximum absolute atomic E-state index is 5.85. The summed E-state index contributed by atoms with van der Waals surface area (Å²) in [6, 6.07) is 5.18. The Morgan fingerprint density at radius 2 is 1.87 bits per heavy atom. The van der Waals surface area contributed by atoms with Gasteiger partial charge < -0.3 is 4.74 Å². The summed E-state index contributed by atoms with van der Waals surface area (Å²) in [4.78, 5) is 0. The minimum absolute atomic E-state index is 0.0421. The zero-order chi connectivity index (χ0) is 11.3. The van der Waals surface area contributed by atoms with Crippen molar-refractivity contribution < 1.29 is 4.74 Å². The average Bonchev–Trinajstić information content (AvgIpc) is 2.13. The first-order chi connectivity index (χ1) is 7.11. The lowest BCUT2D eigenvalue weighted by Crippen LogP contribution is -2.31. The van der Waals surface area contributed by atoms with Crippen LogP contribution in [0.15, 0.2) is 18.2 Å². The van der Waals surface area contributed by atoms with Gasteiger partial charge in [-0.05, 0) is 38.1 Å². The van der Waals surface area contributed by atoms with Gasteiger partial charge in [0.25, 0.3) is 0 Å². The van der Waals surface area contributed by atoms with Gasteiger partial charge in [-0.2, -0.15) is 0 Å². The van der Waals surface area contributed by atoms with Crippen LogP contribution in [-0.4, -0.2) is 12.8 Å². The van der Waals surface area contributed by atoms with Crippen LogP contribution >= 0.6 is 23.2 Å². The second kappa shape index (κ2) is 6.21. The van der Waals surface area contributed by atoms with Crippen LogP contribution in [0.5, 0.6) is 5.75 Å². The van der Waals surface area contributed by atoms with E-state index in [9.17, 15) is 0 Å². The molecule has 1 N–H and O–H groups in total. The van der Waals surface area contributed by atoms with Crippen molar-refractivity contribution in [3.8, 4) is 5.75 Å². The summed E-state index contributed by atoms with van der Waals surface area (Å²) in [5.41, 5.74) is 0. The Morgan fingerprint density at radius 1 is 1.27 bits per heavy atom. The van der Waals surface area contributed by atoms with Gasteiger partial charge >= 0.3 is 0 Å². The van der Waals surface area contributed by atoms with E-state index in [2.05, 4.69) is 12.2 Å². The highest BCUT2D eigenvalue weighted by Gasteiger charge is 2.04. The molecule has 0 spiro atoms. The number of ether oxygens (including phenoxy) is 1. The Labute approximate surface area is 101 Å². The van der Waals surface area contributed by atoms with Gasteiger partial charge in [0.15, 0.2) is 0 Å². The Hall–Kier alpha value is -0.440. The van der Waals surface area contributed by atoms with Gasteiger partial charge in [0.1, 0.15) is 12.0 Å². The molecular weight excluding hydrogens is 233 g/mol. The maximum Gasteiger partial charge on any atom is 0.147 e. The molecule has 0 aliphatic rings. The third-order valence-electron chi connectivity index (χ3n) is 1.83. The first kappa shape index (κ1) is 12.6. The second-order valence-electron chi connectivity index (χ2n) is 3.32. The third kappa shape index (κ3) is 4.74. The van der Waals surface area contributed by atoms with Gasteiger partial charge in [-0.3, -0.25) is 5.32 Å². The Kier molecular flexibility index (Phi) is 5.23. The van der Waals surface area contributed by atoms with Gasteiger partial charge in [0.05, 0.1) is 0 Å². The van der Waals surface area contributed by atoms with Crippen LogP contribution in [0, 0.1) is 0 Å². The van der Waals surface area contributed by atoms with Crippen LogP contribution in [0.2, 0.25) is 10.0 Å². The summed E-state index contributed by atoms with van der Waals surface area (Å²) in [5, 5.41) is 4.38. The predicted molar refractivity (Wildman–Crippen MR) is 64.8 cm³/mol. The molecule has 1 aromatic rings. The van der Waals surface area contributed by atoms with Gasteiger partial charge in [-0.15, -0.1) is 0 Å². The van der Waals surface area contributed by atoms with Gasteiger partial charge in [0.2, 0.25) is 0 Å². The lowest BCUT2D eigenvalue weighted by atomic mass is 10.3. The first-order valence-electron chi connectivity index (χ1n) is 4.98. The van der Waals surface area contributed by atoms with Gasteiger partial charge in [-0.25, -0.2) is 0 Å². The molecule has 1 unspecified atom stereocenters. The van der Waals surface area contributed by atoms with E-state index >= 15 is 0 Å². The molecule has 0 amide bonds. The number of nitrogens with one attached hydrogen (secondary N) is 1. The van der Waals surface area contributed by atoms with Crippen molar-refractivity contribution in [2.24, 2.45) is 0 Å². The van der Waals surface area contributed by atoms with E-state index in [1.807, 2.05) is 6.92 Å². The SMILES string of the molecule is CCCNC(C)Oc1cc(Cl)cc(Cl)c1. The highest BCUT2D eigenvalue weighted by Crippen LogP contribution is 2.24. The lowest BCUT2D eigenvalue weighted by Gasteiger charge is -2.16. The fraction of sp³-hybridized carbons (Fsp3) is 0.455. The fourth-order valence-electron chi connectivity index (χ4n) is 1.19. The molecule has 15 heavy (non-hydrogen) atoms. The second-order valence-corrected chi connectivity index (χ2v) is 4.19. The van der Waals surface area contributed by atoms with Crippen LogP contribution in [0.1, 0.15) is 20.3 Å². The Bertz CT molecular complexity index is 297. The average molecular weight is 248 g/mol. The number of benzene rings is 1. The highest BCUT2D eigenvalue weighted by molar-refractivity contribution is 6.34. The van der Waals surface area contributed by atoms with Gasteiger partial charge in [0, 0.05) is 10.0 Å². The highest BCUT2D eigenvalue weighted by atomic mass is 35.5. The van der Waals surface area contributed by atoms with Crippen molar-refractivity contribution in [1.29, 1.82) is 0 Å². The van der Waals surface area contributed by atoms with Gasteiger partial charge in [-0.1, -0.05) is 30.1 Å². The van der Waals surface area contributed by atoms with Crippen molar-refractivity contribution in [2.75, 3.05) is 6.54 Å². The predicted octanol–water partition coefficient (Wildman–Crippen LogP) is 3.72. The standard InChI is InChI=1S/C11H15Cl2NO/c1-3-4-14-8(2)15-11-6-9(12)5-10(13)7-11/h5-8,14H,3-4H2,1-2H3. The molecule has 0 radical (unpaired) electrons. The molecule has 0 aliphatic carbocycles. The molecule has 0 aromatic heterocycles. The zero-order valence-electron chi connectivity index (χ0n) is 8.89. The summed E-state index contributed by atoms with van der Waals surface area (Å²) in [7, 11) is 0. The van der Waals surface area contributed by atoms with E-state index in [-0.39, 0.29) is 6.23 Å². The molecule has 0 saturated carbocycles. The number of halogens is 2. The molecule has 0 heterocycles. The molecule has 0 fully saturated rings. The molecule has 0 bridgehead atoms. The van der Waals surface area contributed by atoms with Crippen LogP contribution in [0.25, 0.3) is 0 Å². The van der Waals surface area contributed by atoms with Crippen LogP contribution in [-0.2, 0) is 0 Å². The van der Waals surface area contributed by atoms with Crippen LogP contribution in [0.4, 0.5) is 0 Å². The minimum Gasteiger partial charge on any atom is -0.476 e. The molecule has 2 nitrogen and oxygen atoms in total. The molecule has 1 atom stereocenters. The van der Waals surface area contributed by atoms with Crippen molar-refractivity contribution in [1.82, 2.24) is 5.32 Å². The smallest absolute Gasteiger partial charge is 0.147 e. The topological polar surface area (TPSA) is 21.3 Å². The van der Waals surface area contributed by atoms with E-state index in [1.165, 1.54) is 0 Å². The molecule has 84 valence electrons. The first-order valence-corrected chi connectivity index (χ1v) is 5.73. The van der Waals surface area contributed by atoms with Crippen LogP contribution < -0.4 is 10.1 Å². The number of hydrogen-bond acceptors (Lipinski definition) is 2. The van der Waals surface area contributed by atoms with E-state index in [4.69, 9.17) is 27.9 Å². The molecule has 0 aliphatic heterocycles. The zero-order valence-corrected chi connectivity index (χ0v) is 10.4. The summed E-state index contributed by atoms with van der Waals surface area (Å²) < 4.78 is 5.60. The molecule has 4 heteroatoms. The number of rotatable bonds is 5. The lowest BCUT2D eigenvalue weighted by molar-refractivity contribution is 0.183. The Morgan fingerprint density at radius 3 is 2.40 bits per heavy atom. The van der Waals surface area contributed by atoms with Crippen molar-refractivity contribution >= 4 is 23.2 Å². The molecule has 0 saturated heterocycles. The number of hydrogen-bond donors (Lipinski definition) is 1. The minimum atomic E-state index is -0.0421. The Balaban J connectivity index is 2.56.